The lowest BCUT2D eigenvalue weighted by molar-refractivity contribution is -0.908. The van der Waals surface area contributed by atoms with Crippen LogP contribution in [0.1, 0.15) is 38.8 Å². The van der Waals surface area contributed by atoms with Gasteiger partial charge >= 0.3 is 0 Å². The summed E-state index contributed by atoms with van der Waals surface area (Å²) in [5, 5.41) is 0. The lowest BCUT2D eigenvalue weighted by Gasteiger charge is -2.25. The molecule has 41 heavy (non-hydrogen) atoms. The fourth-order valence-electron chi connectivity index (χ4n) is 5.46. The van der Waals surface area contributed by atoms with Crippen molar-refractivity contribution >= 4 is 32.8 Å². The highest BCUT2D eigenvalue weighted by Gasteiger charge is 2.18. The monoisotopic (exact) mass is 571 g/mol. The largest absolute Gasteiger partial charge is 0.744 e. The Balaban J connectivity index is 1.70. The van der Waals surface area contributed by atoms with Gasteiger partial charge in [-0.3, -0.25) is 0 Å². The fraction of sp³-hybridized carbons (Fsp3) is 0.294. The number of hydrogen-bond donors (Lipinski definition) is 1. The van der Waals surface area contributed by atoms with E-state index in [1.54, 1.807) is 12.1 Å². The van der Waals surface area contributed by atoms with Crippen molar-refractivity contribution in [1.29, 1.82) is 0 Å². The number of rotatable bonds is 11. The third-order valence-electron chi connectivity index (χ3n) is 7.98. The molecular formula is C34H41N3O3S. The van der Waals surface area contributed by atoms with E-state index in [2.05, 4.69) is 105 Å². The maximum absolute atomic E-state index is 11.3. The molecule has 1 N–H and O–H groups in total. The highest BCUT2D eigenvalue weighted by atomic mass is 32.2. The van der Waals surface area contributed by atoms with E-state index >= 15 is 0 Å². The zero-order valence-corrected chi connectivity index (χ0v) is 25.5. The molecule has 0 aliphatic heterocycles. The Kier molecular flexibility index (Phi) is 9.86. The van der Waals surface area contributed by atoms with E-state index < -0.39 is 10.1 Å². The molecule has 0 saturated heterocycles. The number of nitrogens with one attached hydrogen (secondary N) is 1. The first-order valence-electron chi connectivity index (χ1n) is 14.4. The highest BCUT2D eigenvalue weighted by molar-refractivity contribution is 7.85. The summed E-state index contributed by atoms with van der Waals surface area (Å²) in [7, 11) is -2.55. The lowest BCUT2D eigenvalue weighted by atomic mass is 9.90. The first kappa shape index (κ1) is 30.3. The molecule has 0 fully saturated rings. The van der Waals surface area contributed by atoms with Crippen LogP contribution in [0.3, 0.4) is 0 Å². The van der Waals surface area contributed by atoms with Crippen molar-refractivity contribution in [2.75, 3.05) is 43.0 Å². The third kappa shape index (κ3) is 6.99. The summed E-state index contributed by atoms with van der Waals surface area (Å²) < 4.78 is 33.9. The van der Waals surface area contributed by atoms with E-state index in [1.165, 1.54) is 33.9 Å². The smallest absolute Gasteiger partial charge is 0.125 e. The second kappa shape index (κ2) is 13.3. The van der Waals surface area contributed by atoms with Crippen LogP contribution in [-0.2, 0) is 10.1 Å². The molecule has 0 amide bonds. The standard InChI is InChI=1S/C34H41N3O3S/c1-6-36(7-2)31-18-12-27(13-19-31)34(28-14-20-32(21-15-28)37(8-3)9-4)26-10-16-29(17-11-26)35(5)30-22-24-33(25-23-30)41(38,39)40/h10-25,31H,6-9H2,1-5H3,(H,38,39,40). The number of quaternary nitrogens is 1. The van der Waals surface area contributed by atoms with Crippen LogP contribution in [0, 0.1) is 0 Å². The number of allylic oxidation sites excluding steroid dienone is 3. The second-order valence-electron chi connectivity index (χ2n) is 10.2. The van der Waals surface area contributed by atoms with Crippen molar-refractivity contribution in [2.24, 2.45) is 0 Å². The number of benzene rings is 3. The van der Waals surface area contributed by atoms with Gasteiger partial charge in [-0.1, -0.05) is 36.4 Å². The fourth-order valence-corrected chi connectivity index (χ4v) is 5.93. The van der Waals surface area contributed by atoms with Gasteiger partial charge in [0.2, 0.25) is 0 Å². The van der Waals surface area contributed by atoms with Crippen LogP contribution in [0.25, 0.3) is 5.57 Å². The average molecular weight is 572 g/mol. The van der Waals surface area contributed by atoms with Gasteiger partial charge in [0.25, 0.3) is 0 Å². The molecule has 216 valence electrons. The summed E-state index contributed by atoms with van der Waals surface area (Å²) >= 11 is 0. The molecule has 0 spiro atoms. The van der Waals surface area contributed by atoms with Crippen LogP contribution in [0.5, 0.6) is 0 Å². The molecule has 0 heterocycles. The minimum absolute atomic E-state index is 0.230. The Morgan fingerprint density at radius 3 is 1.59 bits per heavy atom. The van der Waals surface area contributed by atoms with Gasteiger partial charge < -0.3 is 19.3 Å². The van der Waals surface area contributed by atoms with Gasteiger partial charge in [0.05, 0.1) is 18.0 Å². The van der Waals surface area contributed by atoms with E-state index in [9.17, 15) is 13.0 Å². The molecule has 4 rings (SSSR count). The van der Waals surface area contributed by atoms with Crippen LogP contribution in [-0.4, -0.2) is 52.2 Å². The van der Waals surface area contributed by atoms with E-state index in [1.807, 2.05) is 11.9 Å². The summed E-state index contributed by atoms with van der Waals surface area (Å²) in [6, 6.07) is 23.6. The normalized spacial score (nSPS) is 14.9. The zero-order valence-electron chi connectivity index (χ0n) is 24.7. The van der Waals surface area contributed by atoms with Crippen molar-refractivity contribution < 1.29 is 17.9 Å². The SMILES string of the molecule is CCN(CC)c1ccc(C(=C2C=CC([NH+](CC)CC)C=C2)c2ccc(N(C)c3ccc(S(=O)(=O)[O-])cc3)cc2)cc1. The highest BCUT2D eigenvalue weighted by Crippen LogP contribution is 2.33. The van der Waals surface area contributed by atoms with Crippen LogP contribution >= 0.6 is 0 Å². The molecule has 0 unspecified atom stereocenters. The second-order valence-corrected chi connectivity index (χ2v) is 11.6. The molecule has 7 heteroatoms. The lowest BCUT2D eigenvalue weighted by Crippen LogP contribution is -3.14. The van der Waals surface area contributed by atoms with E-state index in [-0.39, 0.29) is 4.90 Å². The van der Waals surface area contributed by atoms with Crippen molar-refractivity contribution in [1.82, 2.24) is 0 Å². The molecule has 1 aliphatic carbocycles. The minimum Gasteiger partial charge on any atom is -0.744 e. The molecule has 3 aromatic rings. The Morgan fingerprint density at radius 1 is 0.732 bits per heavy atom. The first-order chi connectivity index (χ1) is 19.7. The predicted octanol–water partition coefficient (Wildman–Crippen LogP) is 5.43. The first-order valence-corrected chi connectivity index (χ1v) is 15.8. The van der Waals surface area contributed by atoms with E-state index in [0.29, 0.717) is 6.04 Å². The van der Waals surface area contributed by atoms with Gasteiger partial charge in [0, 0.05) is 37.2 Å². The molecule has 0 bridgehead atoms. The maximum atomic E-state index is 11.3. The van der Waals surface area contributed by atoms with Crippen molar-refractivity contribution in [2.45, 2.75) is 38.6 Å². The number of hydrogen-bond acceptors (Lipinski definition) is 5. The van der Waals surface area contributed by atoms with Crippen LogP contribution < -0.4 is 14.7 Å². The van der Waals surface area contributed by atoms with E-state index in [0.717, 1.165) is 48.7 Å². The van der Waals surface area contributed by atoms with Crippen LogP contribution in [0.4, 0.5) is 17.1 Å². The average Bonchev–Trinajstić information content (AvgIpc) is 3.00. The number of anilines is 3. The summed E-state index contributed by atoms with van der Waals surface area (Å²) in [4.78, 5) is 5.62. The molecule has 0 aromatic heterocycles. The topological polar surface area (TPSA) is 68.1 Å². The minimum atomic E-state index is -4.47. The van der Waals surface area contributed by atoms with E-state index in [4.69, 9.17) is 0 Å². The van der Waals surface area contributed by atoms with Crippen LogP contribution in [0.2, 0.25) is 0 Å². The van der Waals surface area contributed by atoms with Crippen molar-refractivity contribution in [3.8, 4) is 0 Å². The predicted molar refractivity (Wildman–Crippen MR) is 169 cm³/mol. The van der Waals surface area contributed by atoms with Crippen molar-refractivity contribution in [3.63, 3.8) is 0 Å². The molecule has 6 nitrogen and oxygen atoms in total. The van der Waals surface area contributed by atoms with Gasteiger partial charge in [-0.05, 0) is 111 Å². The Labute approximate surface area is 245 Å². The van der Waals surface area contributed by atoms with Gasteiger partial charge in [-0.25, -0.2) is 8.42 Å². The molecule has 0 radical (unpaired) electrons. The third-order valence-corrected chi connectivity index (χ3v) is 8.82. The zero-order chi connectivity index (χ0) is 29.6. The number of nitrogens with zero attached hydrogens (tertiary/aromatic N) is 2. The summed E-state index contributed by atoms with van der Waals surface area (Å²) in [5.41, 5.74) is 7.59. The molecule has 0 saturated carbocycles. The van der Waals surface area contributed by atoms with Crippen LogP contribution in [0.15, 0.2) is 108 Å². The quantitative estimate of drug-likeness (QED) is 0.311. The number of likely N-dealkylation sites (N-methyl/N-ethyl adjacent to an activating group) is 1. The molecular weight excluding hydrogens is 530 g/mol. The molecule has 1 aliphatic rings. The Hall–Kier alpha value is -3.65. The Bertz CT molecular complexity index is 1480. The van der Waals surface area contributed by atoms with Gasteiger partial charge in [-0.2, -0.15) is 0 Å². The summed E-state index contributed by atoms with van der Waals surface area (Å²) in [5.74, 6) is 0. The Morgan fingerprint density at radius 2 is 1.17 bits per heavy atom. The summed E-state index contributed by atoms with van der Waals surface area (Å²) in [6.45, 7) is 12.9. The van der Waals surface area contributed by atoms with Gasteiger partial charge in [0.1, 0.15) is 16.2 Å². The molecule has 3 aromatic carbocycles. The summed E-state index contributed by atoms with van der Waals surface area (Å²) in [6.07, 6.45) is 9.15. The molecule has 0 atom stereocenters. The van der Waals surface area contributed by atoms with Gasteiger partial charge in [0.15, 0.2) is 0 Å². The van der Waals surface area contributed by atoms with Crippen molar-refractivity contribution in [3.05, 3.63) is 114 Å². The maximum Gasteiger partial charge on any atom is 0.125 e. The van der Waals surface area contributed by atoms with Gasteiger partial charge in [-0.15, -0.1) is 0 Å².